The Balaban J connectivity index is 2.09. The van der Waals surface area contributed by atoms with E-state index in [9.17, 15) is 4.79 Å². The van der Waals surface area contributed by atoms with E-state index in [1.807, 2.05) is 19.9 Å². The minimum atomic E-state index is -0.248. The summed E-state index contributed by atoms with van der Waals surface area (Å²) < 4.78 is 1.12. The third kappa shape index (κ3) is 3.27. The molecule has 102 valence electrons. The van der Waals surface area contributed by atoms with E-state index in [2.05, 4.69) is 10.4 Å². The number of aromatic nitrogens is 1. The molecule has 0 aliphatic heterocycles. The molecule has 0 unspecified atom stereocenters. The van der Waals surface area contributed by atoms with Crippen molar-refractivity contribution >= 4 is 45.5 Å². The van der Waals surface area contributed by atoms with Gasteiger partial charge >= 0.3 is 0 Å². The first kappa shape index (κ1) is 14.3. The normalized spacial score (nSPS) is 10.7. The van der Waals surface area contributed by atoms with E-state index in [-0.39, 0.29) is 5.91 Å². The Morgan fingerprint density at radius 2 is 2.21 bits per heavy atom. The summed E-state index contributed by atoms with van der Waals surface area (Å²) in [6, 6.07) is 1.88. The first-order valence-electron chi connectivity index (χ1n) is 5.47. The van der Waals surface area contributed by atoms with Gasteiger partial charge in [0.25, 0.3) is 5.91 Å². The van der Waals surface area contributed by atoms with Gasteiger partial charge in [-0.25, -0.2) is 10.8 Å². The van der Waals surface area contributed by atoms with Gasteiger partial charge in [0.15, 0.2) is 5.13 Å². The predicted molar refractivity (Wildman–Crippen MR) is 81.5 cm³/mol. The van der Waals surface area contributed by atoms with Crippen molar-refractivity contribution in [1.82, 2.24) is 10.4 Å². The van der Waals surface area contributed by atoms with Crippen molar-refractivity contribution in [2.24, 2.45) is 5.84 Å². The van der Waals surface area contributed by atoms with E-state index in [1.165, 1.54) is 22.7 Å². The Morgan fingerprint density at radius 1 is 1.47 bits per heavy atom. The number of nitrogens with two attached hydrogens (primary N) is 2. The van der Waals surface area contributed by atoms with Gasteiger partial charge in [-0.2, -0.15) is 0 Å². The van der Waals surface area contributed by atoms with Crippen LogP contribution in [0.4, 0.5) is 5.13 Å². The fraction of sp³-hybridized carbons (Fsp3) is 0.273. The summed E-state index contributed by atoms with van der Waals surface area (Å²) in [6.07, 6.45) is 0. The SMILES string of the molecule is Cc1nc(N)sc1SCc1cc(C(=O)NN)sc1C. The van der Waals surface area contributed by atoms with Crippen molar-refractivity contribution in [2.45, 2.75) is 23.8 Å². The number of thioether (sulfide) groups is 1. The van der Waals surface area contributed by atoms with Crippen molar-refractivity contribution in [2.75, 3.05) is 5.73 Å². The molecule has 2 heterocycles. The van der Waals surface area contributed by atoms with Gasteiger partial charge in [0.2, 0.25) is 0 Å². The molecule has 0 saturated heterocycles. The second-order valence-corrected chi connectivity index (χ2v) is 7.41. The molecule has 0 bridgehead atoms. The van der Waals surface area contributed by atoms with E-state index in [4.69, 9.17) is 11.6 Å². The lowest BCUT2D eigenvalue weighted by molar-refractivity contribution is 0.0957. The lowest BCUT2D eigenvalue weighted by atomic mass is 10.3. The number of amides is 1. The summed E-state index contributed by atoms with van der Waals surface area (Å²) in [5.74, 6) is 5.68. The van der Waals surface area contributed by atoms with E-state index < -0.39 is 0 Å². The van der Waals surface area contributed by atoms with E-state index in [0.717, 1.165) is 26.1 Å². The van der Waals surface area contributed by atoms with Gasteiger partial charge in [-0.1, -0.05) is 11.3 Å². The zero-order chi connectivity index (χ0) is 14.0. The van der Waals surface area contributed by atoms with Crippen LogP contribution in [0.15, 0.2) is 10.3 Å². The van der Waals surface area contributed by atoms with Crippen LogP contribution < -0.4 is 17.0 Å². The number of thiophene rings is 1. The number of nitrogen functional groups attached to an aromatic ring is 2. The standard InChI is InChI=1S/C11H14N4OS3/c1-5-10(19-11(12)14-5)17-4-7-3-8(9(16)15-13)18-6(7)2/h3H,4,13H2,1-2H3,(H2,12,14)(H,15,16). The summed E-state index contributed by atoms with van der Waals surface area (Å²) >= 11 is 4.63. The van der Waals surface area contributed by atoms with Gasteiger partial charge in [-0.3, -0.25) is 10.2 Å². The highest BCUT2D eigenvalue weighted by Crippen LogP contribution is 2.34. The minimum Gasteiger partial charge on any atom is -0.375 e. The first-order valence-corrected chi connectivity index (χ1v) is 8.09. The van der Waals surface area contributed by atoms with Crippen LogP contribution in [0.3, 0.4) is 0 Å². The van der Waals surface area contributed by atoms with Gasteiger partial charge in [-0.15, -0.1) is 23.1 Å². The smallest absolute Gasteiger partial charge is 0.275 e. The van der Waals surface area contributed by atoms with E-state index >= 15 is 0 Å². The number of thiazole rings is 1. The highest BCUT2D eigenvalue weighted by molar-refractivity contribution is 8.00. The van der Waals surface area contributed by atoms with Crippen LogP contribution in [-0.4, -0.2) is 10.9 Å². The lowest BCUT2D eigenvalue weighted by Gasteiger charge is -1.98. The van der Waals surface area contributed by atoms with Crippen molar-refractivity contribution < 1.29 is 4.79 Å². The average Bonchev–Trinajstić information content (AvgIpc) is 2.89. The second kappa shape index (κ2) is 5.91. The second-order valence-electron chi connectivity index (χ2n) is 3.88. The Morgan fingerprint density at radius 3 is 2.79 bits per heavy atom. The summed E-state index contributed by atoms with van der Waals surface area (Å²) in [5, 5.41) is 0.588. The molecule has 0 aliphatic carbocycles. The molecule has 2 rings (SSSR count). The molecule has 2 aromatic rings. The summed E-state index contributed by atoms with van der Waals surface area (Å²) in [5.41, 5.74) is 9.92. The number of hydrazine groups is 1. The van der Waals surface area contributed by atoms with Crippen LogP contribution >= 0.6 is 34.4 Å². The van der Waals surface area contributed by atoms with Crippen molar-refractivity contribution in [3.8, 4) is 0 Å². The van der Waals surface area contributed by atoms with Gasteiger partial charge in [0, 0.05) is 10.6 Å². The van der Waals surface area contributed by atoms with Crippen LogP contribution in [0.2, 0.25) is 0 Å². The predicted octanol–water partition coefficient (Wildman–Crippen LogP) is 2.30. The topological polar surface area (TPSA) is 94.0 Å². The number of hydrogen-bond donors (Lipinski definition) is 3. The van der Waals surface area contributed by atoms with Crippen LogP contribution in [-0.2, 0) is 5.75 Å². The lowest BCUT2D eigenvalue weighted by Crippen LogP contribution is -2.29. The Bertz CT molecular complexity index is 605. The molecule has 5 nitrogen and oxygen atoms in total. The fourth-order valence-corrected chi connectivity index (χ4v) is 4.64. The number of hydrogen-bond acceptors (Lipinski definition) is 7. The number of carbonyl (C=O) groups excluding carboxylic acids is 1. The number of aryl methyl sites for hydroxylation is 2. The molecule has 0 aliphatic rings. The largest absolute Gasteiger partial charge is 0.375 e. The van der Waals surface area contributed by atoms with Crippen molar-refractivity contribution in [3.05, 3.63) is 27.1 Å². The molecule has 0 radical (unpaired) electrons. The summed E-state index contributed by atoms with van der Waals surface area (Å²) in [7, 11) is 0. The first-order chi connectivity index (χ1) is 9.01. The number of carbonyl (C=O) groups is 1. The van der Waals surface area contributed by atoms with Gasteiger partial charge in [0.1, 0.15) is 0 Å². The molecular formula is C11H14N4OS3. The van der Waals surface area contributed by atoms with Crippen LogP contribution in [0.1, 0.15) is 25.8 Å². The van der Waals surface area contributed by atoms with Crippen LogP contribution in [0.5, 0.6) is 0 Å². The maximum Gasteiger partial charge on any atom is 0.275 e. The van der Waals surface area contributed by atoms with Crippen molar-refractivity contribution in [1.29, 1.82) is 0 Å². The zero-order valence-corrected chi connectivity index (χ0v) is 13.0. The number of anilines is 1. The molecule has 0 spiro atoms. The average molecular weight is 314 g/mol. The molecule has 1 amide bonds. The van der Waals surface area contributed by atoms with Gasteiger partial charge in [0.05, 0.1) is 14.8 Å². The fourth-order valence-electron chi connectivity index (χ4n) is 1.53. The van der Waals surface area contributed by atoms with Gasteiger partial charge < -0.3 is 5.73 Å². The maximum absolute atomic E-state index is 11.5. The Hall–Kier alpha value is -1.09. The molecule has 0 fully saturated rings. The summed E-state index contributed by atoms with van der Waals surface area (Å²) in [6.45, 7) is 3.95. The molecule has 2 aromatic heterocycles. The van der Waals surface area contributed by atoms with E-state index in [0.29, 0.717) is 10.0 Å². The summed E-state index contributed by atoms with van der Waals surface area (Å²) in [4.78, 5) is 17.4. The third-order valence-corrected chi connectivity index (χ3v) is 5.99. The highest BCUT2D eigenvalue weighted by atomic mass is 32.2. The Kier molecular flexibility index (Phi) is 4.46. The molecule has 5 N–H and O–H groups in total. The molecular weight excluding hydrogens is 300 g/mol. The quantitative estimate of drug-likeness (QED) is 0.348. The van der Waals surface area contributed by atoms with Crippen molar-refractivity contribution in [3.63, 3.8) is 0 Å². The molecule has 19 heavy (non-hydrogen) atoms. The van der Waals surface area contributed by atoms with Crippen LogP contribution in [0, 0.1) is 13.8 Å². The van der Waals surface area contributed by atoms with E-state index in [1.54, 1.807) is 11.8 Å². The zero-order valence-electron chi connectivity index (χ0n) is 10.5. The maximum atomic E-state index is 11.5. The number of nitrogens with one attached hydrogen (secondary N) is 1. The molecule has 0 aromatic carbocycles. The van der Waals surface area contributed by atoms with Crippen LogP contribution in [0.25, 0.3) is 0 Å². The highest BCUT2D eigenvalue weighted by Gasteiger charge is 2.13. The van der Waals surface area contributed by atoms with Gasteiger partial charge in [-0.05, 0) is 25.5 Å². The molecule has 8 heteroatoms. The Labute approximate surface area is 123 Å². The number of nitrogens with zero attached hydrogens (tertiary/aromatic N) is 1. The monoisotopic (exact) mass is 314 g/mol. The molecule has 0 atom stereocenters. The third-order valence-electron chi connectivity index (χ3n) is 2.50. The minimum absolute atomic E-state index is 0.248. The molecule has 0 saturated carbocycles. The number of rotatable bonds is 4.